The first-order valence-electron chi connectivity index (χ1n) is 4.75. The zero-order valence-electron chi connectivity index (χ0n) is 9.21. The Morgan fingerprint density at radius 1 is 1.33 bits per heavy atom. The van der Waals surface area contributed by atoms with Crippen molar-refractivity contribution in [3.8, 4) is 0 Å². The third kappa shape index (κ3) is 3.53. The van der Waals surface area contributed by atoms with Gasteiger partial charge in [-0.2, -0.15) is 0 Å². The molecule has 0 saturated heterocycles. The first kappa shape index (κ1) is 12.0. The maximum absolute atomic E-state index is 6.05. The standard InChI is InChI=1S/C11H16ClN3/c1-11(2,3)14-10(15-13)8-6-4-5-7-9(8)12/h4-7H,13H2,1-3H3,(H,14,15). The third-order valence-corrected chi connectivity index (χ3v) is 2.04. The van der Waals surface area contributed by atoms with Crippen molar-refractivity contribution in [3.63, 3.8) is 0 Å². The SMILES string of the molecule is CC(C)(C)N=C(NN)c1ccccc1Cl. The summed E-state index contributed by atoms with van der Waals surface area (Å²) < 4.78 is 0. The van der Waals surface area contributed by atoms with Crippen molar-refractivity contribution >= 4 is 17.4 Å². The molecule has 0 aromatic heterocycles. The molecule has 0 heterocycles. The minimum atomic E-state index is -0.194. The molecule has 15 heavy (non-hydrogen) atoms. The van der Waals surface area contributed by atoms with Gasteiger partial charge >= 0.3 is 0 Å². The van der Waals surface area contributed by atoms with Crippen LogP contribution in [0.5, 0.6) is 0 Å². The highest BCUT2D eigenvalue weighted by atomic mass is 35.5. The normalized spacial score (nSPS) is 12.7. The zero-order chi connectivity index (χ0) is 11.5. The van der Waals surface area contributed by atoms with Crippen LogP contribution in [0.25, 0.3) is 0 Å². The number of aliphatic imine (C=N–C) groups is 1. The van der Waals surface area contributed by atoms with E-state index in [2.05, 4.69) is 10.4 Å². The van der Waals surface area contributed by atoms with Crippen LogP contribution < -0.4 is 11.3 Å². The van der Waals surface area contributed by atoms with Crippen LogP contribution in [0.1, 0.15) is 26.3 Å². The number of nitrogens with two attached hydrogens (primary N) is 1. The first-order valence-corrected chi connectivity index (χ1v) is 5.13. The molecule has 0 saturated carbocycles. The summed E-state index contributed by atoms with van der Waals surface area (Å²) in [5.41, 5.74) is 3.20. The molecule has 0 aliphatic carbocycles. The molecular weight excluding hydrogens is 210 g/mol. The smallest absolute Gasteiger partial charge is 0.144 e. The molecule has 1 aromatic carbocycles. The number of rotatable bonds is 1. The Kier molecular flexibility index (Phi) is 3.72. The van der Waals surface area contributed by atoms with Crippen LogP contribution >= 0.6 is 11.6 Å². The summed E-state index contributed by atoms with van der Waals surface area (Å²) in [4.78, 5) is 4.45. The molecule has 0 aliphatic heterocycles. The van der Waals surface area contributed by atoms with Crippen molar-refractivity contribution in [2.75, 3.05) is 0 Å². The summed E-state index contributed by atoms with van der Waals surface area (Å²) in [6.07, 6.45) is 0. The molecule has 0 radical (unpaired) electrons. The quantitative estimate of drug-likeness (QED) is 0.334. The van der Waals surface area contributed by atoms with Gasteiger partial charge in [-0.3, -0.25) is 4.99 Å². The van der Waals surface area contributed by atoms with Crippen LogP contribution in [0, 0.1) is 0 Å². The van der Waals surface area contributed by atoms with E-state index in [1.165, 1.54) is 0 Å². The van der Waals surface area contributed by atoms with Crippen LogP contribution in [-0.2, 0) is 0 Å². The number of nitrogens with one attached hydrogen (secondary N) is 1. The van der Waals surface area contributed by atoms with Gasteiger partial charge in [-0.25, -0.2) is 5.84 Å². The average Bonchev–Trinajstić information content (AvgIpc) is 2.14. The monoisotopic (exact) mass is 225 g/mol. The lowest BCUT2D eigenvalue weighted by Crippen LogP contribution is -2.33. The van der Waals surface area contributed by atoms with Crippen LogP contribution in [0.15, 0.2) is 29.3 Å². The predicted octanol–water partition coefficient (Wildman–Crippen LogP) is 2.35. The minimum absolute atomic E-state index is 0.194. The lowest BCUT2D eigenvalue weighted by Gasteiger charge is -2.16. The fraction of sp³-hybridized carbons (Fsp3) is 0.364. The summed E-state index contributed by atoms with van der Waals surface area (Å²) in [7, 11) is 0. The maximum Gasteiger partial charge on any atom is 0.144 e. The Bertz CT molecular complexity index is 366. The Balaban J connectivity index is 3.14. The Hall–Kier alpha value is -1.06. The molecule has 3 nitrogen and oxygen atoms in total. The molecule has 0 unspecified atom stereocenters. The van der Waals surface area contributed by atoms with Crippen LogP contribution in [0.3, 0.4) is 0 Å². The largest absolute Gasteiger partial charge is 0.308 e. The average molecular weight is 226 g/mol. The minimum Gasteiger partial charge on any atom is -0.308 e. The van der Waals surface area contributed by atoms with E-state index < -0.39 is 0 Å². The molecule has 0 amide bonds. The summed E-state index contributed by atoms with van der Waals surface area (Å²) in [6.45, 7) is 6.00. The molecule has 0 spiro atoms. The second kappa shape index (κ2) is 4.64. The maximum atomic E-state index is 6.05. The van der Waals surface area contributed by atoms with E-state index >= 15 is 0 Å². The summed E-state index contributed by atoms with van der Waals surface area (Å²) in [6, 6.07) is 7.47. The van der Waals surface area contributed by atoms with Crippen LogP contribution in [-0.4, -0.2) is 11.4 Å². The first-order chi connectivity index (χ1) is 6.94. The van der Waals surface area contributed by atoms with Gasteiger partial charge in [-0.15, -0.1) is 0 Å². The third-order valence-electron chi connectivity index (χ3n) is 1.71. The van der Waals surface area contributed by atoms with Crippen molar-refractivity contribution in [1.82, 2.24) is 5.43 Å². The molecule has 0 bridgehead atoms. The molecule has 0 atom stereocenters. The van der Waals surface area contributed by atoms with E-state index in [1.54, 1.807) is 0 Å². The lowest BCUT2D eigenvalue weighted by molar-refractivity contribution is 0.580. The Morgan fingerprint density at radius 3 is 2.40 bits per heavy atom. The molecule has 0 aliphatic rings. The number of benzene rings is 1. The topological polar surface area (TPSA) is 50.4 Å². The number of hydrazine groups is 1. The van der Waals surface area contributed by atoms with Gasteiger partial charge in [-0.1, -0.05) is 23.7 Å². The molecule has 4 heteroatoms. The van der Waals surface area contributed by atoms with Gasteiger partial charge in [0.25, 0.3) is 0 Å². The molecule has 3 N–H and O–H groups in total. The molecule has 0 fully saturated rings. The number of hydrogen-bond acceptors (Lipinski definition) is 2. The highest BCUT2D eigenvalue weighted by molar-refractivity contribution is 6.34. The van der Waals surface area contributed by atoms with Crippen molar-refractivity contribution in [3.05, 3.63) is 34.9 Å². The molecule has 1 aromatic rings. The number of hydrogen-bond donors (Lipinski definition) is 2. The molecular formula is C11H16ClN3. The van der Waals surface area contributed by atoms with E-state index in [9.17, 15) is 0 Å². The fourth-order valence-corrected chi connectivity index (χ4v) is 1.38. The summed E-state index contributed by atoms with van der Waals surface area (Å²) >= 11 is 6.05. The van der Waals surface area contributed by atoms with Gasteiger partial charge in [0.1, 0.15) is 5.84 Å². The highest BCUT2D eigenvalue weighted by Crippen LogP contribution is 2.17. The second-order valence-corrected chi connectivity index (χ2v) is 4.66. The van der Waals surface area contributed by atoms with Crippen molar-refractivity contribution in [2.45, 2.75) is 26.3 Å². The van der Waals surface area contributed by atoms with Gasteiger partial charge in [-0.05, 0) is 32.9 Å². The lowest BCUT2D eigenvalue weighted by atomic mass is 10.1. The van der Waals surface area contributed by atoms with Crippen LogP contribution in [0.2, 0.25) is 5.02 Å². The second-order valence-electron chi connectivity index (χ2n) is 4.26. The van der Waals surface area contributed by atoms with Crippen LogP contribution in [0.4, 0.5) is 0 Å². The van der Waals surface area contributed by atoms with Gasteiger partial charge in [0.2, 0.25) is 0 Å². The van der Waals surface area contributed by atoms with Gasteiger partial charge in [0.15, 0.2) is 0 Å². The summed E-state index contributed by atoms with van der Waals surface area (Å²) in [5, 5.41) is 0.637. The fourth-order valence-electron chi connectivity index (χ4n) is 1.16. The number of nitrogens with zero attached hydrogens (tertiary/aromatic N) is 1. The Morgan fingerprint density at radius 2 is 1.93 bits per heavy atom. The van der Waals surface area contributed by atoms with E-state index in [0.29, 0.717) is 10.9 Å². The number of amidine groups is 1. The summed E-state index contributed by atoms with van der Waals surface area (Å²) in [5.74, 6) is 6.05. The van der Waals surface area contributed by atoms with Crippen molar-refractivity contribution in [1.29, 1.82) is 0 Å². The van der Waals surface area contributed by atoms with E-state index in [-0.39, 0.29) is 5.54 Å². The van der Waals surface area contributed by atoms with Gasteiger partial charge in [0, 0.05) is 5.56 Å². The van der Waals surface area contributed by atoms with Gasteiger partial charge < -0.3 is 5.43 Å². The van der Waals surface area contributed by atoms with Gasteiger partial charge in [0.05, 0.1) is 10.6 Å². The predicted molar refractivity (Wildman–Crippen MR) is 65.1 cm³/mol. The van der Waals surface area contributed by atoms with Crippen molar-refractivity contribution in [2.24, 2.45) is 10.8 Å². The van der Waals surface area contributed by atoms with E-state index in [1.807, 2.05) is 45.0 Å². The molecule has 82 valence electrons. The van der Waals surface area contributed by atoms with Crippen molar-refractivity contribution < 1.29 is 0 Å². The van der Waals surface area contributed by atoms with E-state index in [4.69, 9.17) is 17.4 Å². The zero-order valence-corrected chi connectivity index (χ0v) is 9.97. The Labute approximate surface area is 95.3 Å². The molecule has 1 rings (SSSR count). The number of halogens is 1. The van der Waals surface area contributed by atoms with E-state index in [0.717, 1.165) is 5.56 Å². The highest BCUT2D eigenvalue weighted by Gasteiger charge is 2.12.